The number of nitrogens with two attached hydrogens (primary N) is 1. The zero-order valence-electron chi connectivity index (χ0n) is 9.10. The number of unbranched alkanes of at least 4 members (excludes halogenated alkanes) is 1. The van der Waals surface area contributed by atoms with E-state index >= 15 is 0 Å². The molecular weight excluding hydrogens is 206 g/mol. The summed E-state index contributed by atoms with van der Waals surface area (Å²) in [5.74, 6) is -0.889. The molecule has 0 amide bonds. The molecule has 16 heavy (non-hydrogen) atoms. The standard InChI is InChI=1S/C11H17N3O2/c12-6-2-1-5-10(11(15)16)14-8-9-4-3-7-13-9/h3-4,7-8,10,13H,1-2,5-6,12H2,(H,15,16)/t10-/m0/s1. The van der Waals surface area contributed by atoms with E-state index in [9.17, 15) is 4.79 Å². The van der Waals surface area contributed by atoms with Crippen molar-refractivity contribution in [3.8, 4) is 0 Å². The minimum absolute atomic E-state index is 0.531. The average Bonchev–Trinajstić information content (AvgIpc) is 2.75. The monoisotopic (exact) mass is 223 g/mol. The lowest BCUT2D eigenvalue weighted by atomic mass is 10.1. The Kier molecular flexibility index (Phi) is 5.28. The number of carbonyl (C=O) groups is 1. The van der Waals surface area contributed by atoms with Gasteiger partial charge in [0.05, 0.1) is 5.69 Å². The fraction of sp³-hybridized carbons (Fsp3) is 0.455. The number of rotatable bonds is 7. The summed E-state index contributed by atoms with van der Waals surface area (Å²) in [6.45, 7) is 0.590. The van der Waals surface area contributed by atoms with Crippen LogP contribution in [0, 0.1) is 0 Å². The van der Waals surface area contributed by atoms with Crippen LogP contribution in [-0.4, -0.2) is 34.9 Å². The van der Waals surface area contributed by atoms with Gasteiger partial charge in [-0.25, -0.2) is 4.79 Å². The summed E-state index contributed by atoms with van der Waals surface area (Å²) < 4.78 is 0. The molecule has 0 saturated heterocycles. The summed E-state index contributed by atoms with van der Waals surface area (Å²) in [5.41, 5.74) is 6.16. The summed E-state index contributed by atoms with van der Waals surface area (Å²) in [6, 6.07) is 3.00. The number of hydrogen-bond donors (Lipinski definition) is 3. The Morgan fingerprint density at radius 3 is 3.00 bits per heavy atom. The highest BCUT2D eigenvalue weighted by Gasteiger charge is 2.14. The van der Waals surface area contributed by atoms with Crippen molar-refractivity contribution in [1.82, 2.24) is 4.98 Å². The highest BCUT2D eigenvalue weighted by Crippen LogP contribution is 2.05. The SMILES string of the molecule is NCCCC[C@H](N=Cc1ccc[nH]1)C(=O)O. The van der Waals surface area contributed by atoms with Gasteiger partial charge in [0, 0.05) is 12.4 Å². The summed E-state index contributed by atoms with van der Waals surface area (Å²) in [6.07, 6.45) is 5.48. The van der Waals surface area contributed by atoms with Gasteiger partial charge in [0.25, 0.3) is 0 Å². The molecule has 0 fully saturated rings. The lowest BCUT2D eigenvalue weighted by Gasteiger charge is -2.05. The van der Waals surface area contributed by atoms with E-state index in [2.05, 4.69) is 9.98 Å². The molecule has 88 valence electrons. The second-order valence-corrected chi connectivity index (χ2v) is 3.54. The van der Waals surface area contributed by atoms with E-state index in [0.717, 1.165) is 18.5 Å². The first-order valence-corrected chi connectivity index (χ1v) is 5.33. The molecule has 0 aliphatic carbocycles. The van der Waals surface area contributed by atoms with E-state index in [1.807, 2.05) is 12.1 Å². The minimum Gasteiger partial charge on any atom is -0.480 e. The van der Waals surface area contributed by atoms with Crippen molar-refractivity contribution in [2.24, 2.45) is 10.7 Å². The predicted octanol–water partition coefficient (Wildman–Crippen LogP) is 1.02. The van der Waals surface area contributed by atoms with Gasteiger partial charge in [0.2, 0.25) is 0 Å². The average molecular weight is 223 g/mol. The second kappa shape index (κ2) is 6.79. The lowest BCUT2D eigenvalue weighted by molar-refractivity contribution is -0.138. The molecule has 0 unspecified atom stereocenters. The molecule has 0 saturated carbocycles. The molecule has 5 nitrogen and oxygen atoms in total. The normalized spacial score (nSPS) is 13.1. The van der Waals surface area contributed by atoms with Gasteiger partial charge in [-0.05, 0) is 37.9 Å². The molecule has 1 aromatic rings. The number of hydrogen-bond acceptors (Lipinski definition) is 3. The number of carboxylic acid groups (broad SMARTS) is 1. The Bertz CT molecular complexity index is 333. The Hall–Kier alpha value is -1.62. The van der Waals surface area contributed by atoms with Crippen molar-refractivity contribution >= 4 is 12.2 Å². The zero-order chi connectivity index (χ0) is 11.8. The van der Waals surface area contributed by atoms with Gasteiger partial charge >= 0.3 is 5.97 Å². The third kappa shape index (κ3) is 4.27. The number of aliphatic imine (C=N–C) groups is 1. The molecule has 0 spiro atoms. The number of aromatic amines is 1. The van der Waals surface area contributed by atoms with Crippen LogP contribution >= 0.6 is 0 Å². The molecule has 4 N–H and O–H groups in total. The van der Waals surface area contributed by atoms with Crippen LogP contribution in [0.3, 0.4) is 0 Å². The molecule has 1 heterocycles. The zero-order valence-corrected chi connectivity index (χ0v) is 9.10. The van der Waals surface area contributed by atoms with E-state index in [0.29, 0.717) is 13.0 Å². The fourth-order valence-electron chi connectivity index (χ4n) is 1.34. The molecule has 0 aliphatic heterocycles. The maximum absolute atomic E-state index is 10.9. The first-order chi connectivity index (χ1) is 7.74. The number of H-pyrrole nitrogens is 1. The predicted molar refractivity (Wildman–Crippen MR) is 62.7 cm³/mol. The quantitative estimate of drug-likeness (QED) is 0.476. The van der Waals surface area contributed by atoms with E-state index in [4.69, 9.17) is 10.8 Å². The second-order valence-electron chi connectivity index (χ2n) is 3.54. The molecule has 1 atom stereocenters. The van der Waals surface area contributed by atoms with Gasteiger partial charge in [-0.3, -0.25) is 4.99 Å². The number of carboxylic acids is 1. The minimum atomic E-state index is -0.889. The Balaban J connectivity index is 2.47. The van der Waals surface area contributed by atoms with Crippen LogP contribution in [0.2, 0.25) is 0 Å². The Morgan fingerprint density at radius 2 is 2.44 bits per heavy atom. The van der Waals surface area contributed by atoms with Crippen molar-refractivity contribution < 1.29 is 9.90 Å². The van der Waals surface area contributed by atoms with E-state index in [-0.39, 0.29) is 0 Å². The van der Waals surface area contributed by atoms with Crippen molar-refractivity contribution in [2.45, 2.75) is 25.3 Å². The Morgan fingerprint density at radius 1 is 1.62 bits per heavy atom. The number of aromatic nitrogens is 1. The van der Waals surface area contributed by atoms with Crippen LogP contribution in [0.4, 0.5) is 0 Å². The topological polar surface area (TPSA) is 91.5 Å². The van der Waals surface area contributed by atoms with Crippen LogP contribution in [0.25, 0.3) is 0 Å². The summed E-state index contributed by atoms with van der Waals surface area (Å²) in [5, 5.41) is 8.95. The first kappa shape index (κ1) is 12.4. The lowest BCUT2D eigenvalue weighted by Crippen LogP contribution is -2.18. The van der Waals surface area contributed by atoms with Crippen molar-refractivity contribution in [3.63, 3.8) is 0 Å². The molecule has 0 aliphatic rings. The van der Waals surface area contributed by atoms with Gasteiger partial charge in [-0.15, -0.1) is 0 Å². The highest BCUT2D eigenvalue weighted by atomic mass is 16.4. The molecule has 1 rings (SSSR count). The fourth-order valence-corrected chi connectivity index (χ4v) is 1.34. The molecule has 0 bridgehead atoms. The van der Waals surface area contributed by atoms with Gasteiger partial charge < -0.3 is 15.8 Å². The third-order valence-electron chi connectivity index (χ3n) is 2.23. The van der Waals surface area contributed by atoms with Crippen LogP contribution in [0.5, 0.6) is 0 Å². The summed E-state index contributed by atoms with van der Waals surface area (Å²) >= 11 is 0. The smallest absolute Gasteiger partial charge is 0.328 e. The molecule has 0 aromatic carbocycles. The maximum atomic E-state index is 10.9. The van der Waals surface area contributed by atoms with Crippen LogP contribution in [0.15, 0.2) is 23.3 Å². The van der Waals surface area contributed by atoms with E-state index < -0.39 is 12.0 Å². The first-order valence-electron chi connectivity index (χ1n) is 5.33. The Labute approximate surface area is 94.4 Å². The number of nitrogens with one attached hydrogen (secondary N) is 1. The number of nitrogens with zero attached hydrogens (tertiary/aromatic N) is 1. The largest absolute Gasteiger partial charge is 0.480 e. The van der Waals surface area contributed by atoms with Crippen molar-refractivity contribution in [1.29, 1.82) is 0 Å². The molecular formula is C11H17N3O2. The van der Waals surface area contributed by atoms with Gasteiger partial charge in [-0.2, -0.15) is 0 Å². The van der Waals surface area contributed by atoms with Crippen LogP contribution < -0.4 is 5.73 Å². The van der Waals surface area contributed by atoms with Crippen LogP contribution in [0.1, 0.15) is 25.0 Å². The van der Waals surface area contributed by atoms with Crippen molar-refractivity contribution in [3.05, 3.63) is 24.0 Å². The van der Waals surface area contributed by atoms with Gasteiger partial charge in [-0.1, -0.05) is 0 Å². The third-order valence-corrected chi connectivity index (χ3v) is 2.23. The highest BCUT2D eigenvalue weighted by molar-refractivity contribution is 5.81. The molecule has 0 radical (unpaired) electrons. The van der Waals surface area contributed by atoms with Gasteiger partial charge in [0.1, 0.15) is 6.04 Å². The molecule has 5 heteroatoms. The van der Waals surface area contributed by atoms with Crippen LogP contribution in [-0.2, 0) is 4.79 Å². The maximum Gasteiger partial charge on any atom is 0.328 e. The van der Waals surface area contributed by atoms with E-state index in [1.165, 1.54) is 0 Å². The van der Waals surface area contributed by atoms with E-state index in [1.54, 1.807) is 12.4 Å². The van der Waals surface area contributed by atoms with Gasteiger partial charge in [0.15, 0.2) is 0 Å². The number of aliphatic carboxylic acids is 1. The summed E-state index contributed by atoms with van der Waals surface area (Å²) in [4.78, 5) is 17.9. The molecule has 1 aromatic heterocycles. The summed E-state index contributed by atoms with van der Waals surface area (Å²) in [7, 11) is 0. The van der Waals surface area contributed by atoms with Crippen molar-refractivity contribution in [2.75, 3.05) is 6.54 Å².